The first-order valence-electron chi connectivity index (χ1n) is 16.8. The van der Waals surface area contributed by atoms with Crippen molar-refractivity contribution in [2.24, 2.45) is 0 Å². The van der Waals surface area contributed by atoms with Gasteiger partial charge in [0.15, 0.2) is 0 Å². The summed E-state index contributed by atoms with van der Waals surface area (Å²) in [6.45, 7) is 2.19. The SMILES string of the molecule is CCCCC(=O)N[C@@H]1C[C@H]2COc3ccc(F)cc3C(=O)N(C)[C@H](C(=O)NCc3ccc4ccccc4c3)CCC(=O)N(C)CC(=O)N2C1. The van der Waals surface area contributed by atoms with Crippen molar-refractivity contribution < 1.29 is 33.1 Å². The highest BCUT2D eigenvalue weighted by atomic mass is 19.1. The van der Waals surface area contributed by atoms with Gasteiger partial charge in [0.2, 0.25) is 23.6 Å². The molecule has 12 heteroatoms. The highest BCUT2D eigenvalue weighted by molar-refractivity contribution is 5.99. The molecular weight excluding hydrogens is 629 g/mol. The molecular formula is C37H44FN5O6. The van der Waals surface area contributed by atoms with E-state index in [-0.39, 0.29) is 74.2 Å². The second-order valence-corrected chi connectivity index (χ2v) is 12.9. The monoisotopic (exact) mass is 673 g/mol. The summed E-state index contributed by atoms with van der Waals surface area (Å²) >= 11 is 0. The predicted molar refractivity (Wildman–Crippen MR) is 182 cm³/mol. The fourth-order valence-electron chi connectivity index (χ4n) is 6.42. The number of carbonyl (C=O) groups is 5. The minimum absolute atomic E-state index is 0.0317. The Morgan fingerprint density at radius 1 is 0.980 bits per heavy atom. The van der Waals surface area contributed by atoms with E-state index >= 15 is 0 Å². The van der Waals surface area contributed by atoms with Gasteiger partial charge in [0.05, 0.1) is 18.2 Å². The van der Waals surface area contributed by atoms with Crippen molar-refractivity contribution >= 4 is 40.3 Å². The number of likely N-dealkylation sites (N-methyl/N-ethyl adjacent to an activating group) is 2. The first kappa shape index (κ1) is 35.3. The zero-order valence-corrected chi connectivity index (χ0v) is 28.2. The number of carbonyl (C=O) groups excluding carboxylic acids is 5. The van der Waals surface area contributed by atoms with Gasteiger partial charge in [0, 0.05) is 46.1 Å². The molecule has 3 atom stereocenters. The van der Waals surface area contributed by atoms with E-state index in [1.807, 2.05) is 49.4 Å². The Bertz CT molecular complexity index is 1720. The summed E-state index contributed by atoms with van der Waals surface area (Å²) in [5.74, 6) is -2.49. The van der Waals surface area contributed by atoms with Crippen LogP contribution in [0.15, 0.2) is 60.7 Å². The number of hydrogen-bond donors (Lipinski definition) is 2. The van der Waals surface area contributed by atoms with Crippen LogP contribution in [0.3, 0.4) is 0 Å². The van der Waals surface area contributed by atoms with Gasteiger partial charge in [-0.3, -0.25) is 24.0 Å². The fourth-order valence-corrected chi connectivity index (χ4v) is 6.42. The van der Waals surface area contributed by atoms with Gasteiger partial charge >= 0.3 is 0 Å². The minimum Gasteiger partial charge on any atom is -0.491 e. The van der Waals surface area contributed by atoms with E-state index in [1.54, 1.807) is 4.90 Å². The van der Waals surface area contributed by atoms with Crippen molar-refractivity contribution in [3.63, 3.8) is 0 Å². The van der Waals surface area contributed by atoms with Crippen molar-refractivity contribution in [2.45, 2.75) is 70.1 Å². The quantitative estimate of drug-likeness (QED) is 0.394. The summed E-state index contributed by atoms with van der Waals surface area (Å²) in [7, 11) is 2.96. The topological polar surface area (TPSA) is 128 Å². The molecule has 0 unspecified atom stereocenters. The number of hydrogen-bond acceptors (Lipinski definition) is 6. The summed E-state index contributed by atoms with van der Waals surface area (Å²) in [5.41, 5.74) is 0.769. The third-order valence-corrected chi connectivity index (χ3v) is 9.26. The summed E-state index contributed by atoms with van der Waals surface area (Å²) in [6.07, 6.45) is 2.27. The molecule has 0 bridgehead atoms. The van der Waals surface area contributed by atoms with E-state index in [4.69, 9.17) is 4.74 Å². The molecule has 260 valence electrons. The predicted octanol–water partition coefficient (Wildman–Crippen LogP) is 3.64. The van der Waals surface area contributed by atoms with Crippen LogP contribution in [0.5, 0.6) is 5.75 Å². The van der Waals surface area contributed by atoms with E-state index in [9.17, 15) is 28.4 Å². The molecule has 3 aromatic carbocycles. The lowest BCUT2D eigenvalue weighted by molar-refractivity contribution is -0.140. The van der Waals surface area contributed by atoms with Gasteiger partial charge in [-0.05, 0) is 59.9 Å². The van der Waals surface area contributed by atoms with Gasteiger partial charge in [-0.25, -0.2) is 4.39 Å². The normalized spacial score (nSPS) is 20.6. The molecule has 11 nitrogen and oxygen atoms in total. The van der Waals surface area contributed by atoms with Gasteiger partial charge in [0.25, 0.3) is 5.91 Å². The maximum Gasteiger partial charge on any atom is 0.258 e. The third-order valence-electron chi connectivity index (χ3n) is 9.26. The lowest BCUT2D eigenvalue weighted by Crippen LogP contribution is -2.48. The Morgan fingerprint density at radius 3 is 2.53 bits per heavy atom. The minimum atomic E-state index is -1.08. The van der Waals surface area contributed by atoms with Crippen molar-refractivity contribution in [2.75, 3.05) is 33.8 Å². The van der Waals surface area contributed by atoms with Crippen LogP contribution in [-0.4, -0.2) is 96.2 Å². The van der Waals surface area contributed by atoms with Crippen molar-refractivity contribution in [3.8, 4) is 5.75 Å². The summed E-state index contributed by atoms with van der Waals surface area (Å²) in [5, 5.41) is 7.98. The largest absolute Gasteiger partial charge is 0.491 e. The molecule has 0 saturated carbocycles. The van der Waals surface area contributed by atoms with Crippen LogP contribution in [0.2, 0.25) is 0 Å². The summed E-state index contributed by atoms with van der Waals surface area (Å²) < 4.78 is 20.7. The number of nitrogens with one attached hydrogen (secondary N) is 2. The van der Waals surface area contributed by atoms with Crippen LogP contribution < -0.4 is 15.4 Å². The van der Waals surface area contributed by atoms with Gasteiger partial charge in [-0.2, -0.15) is 0 Å². The van der Waals surface area contributed by atoms with Crippen LogP contribution in [0, 0.1) is 5.82 Å². The van der Waals surface area contributed by atoms with Gasteiger partial charge in [-0.15, -0.1) is 0 Å². The second kappa shape index (κ2) is 15.9. The lowest BCUT2D eigenvalue weighted by atomic mass is 10.0. The number of nitrogens with zero attached hydrogens (tertiary/aromatic N) is 3. The zero-order chi connectivity index (χ0) is 35.1. The van der Waals surface area contributed by atoms with Crippen molar-refractivity contribution in [3.05, 3.63) is 77.6 Å². The Balaban J connectivity index is 1.38. The number of unbranched alkanes of at least 4 members (excludes halogenated alkanes) is 1. The molecule has 2 aliphatic rings. The molecule has 2 N–H and O–H groups in total. The van der Waals surface area contributed by atoms with Crippen LogP contribution in [0.25, 0.3) is 10.8 Å². The summed E-state index contributed by atoms with van der Waals surface area (Å²) in [4.78, 5) is 71.0. The fraction of sp³-hybridized carbons (Fsp3) is 0.432. The third kappa shape index (κ3) is 8.73. The highest BCUT2D eigenvalue weighted by Crippen LogP contribution is 2.26. The lowest BCUT2D eigenvalue weighted by Gasteiger charge is -2.28. The Kier molecular flexibility index (Phi) is 11.5. The molecule has 3 aromatic rings. The molecule has 0 spiro atoms. The smallest absolute Gasteiger partial charge is 0.258 e. The first-order valence-corrected chi connectivity index (χ1v) is 16.8. The molecule has 2 aliphatic heterocycles. The second-order valence-electron chi connectivity index (χ2n) is 12.9. The van der Waals surface area contributed by atoms with Crippen LogP contribution in [0.4, 0.5) is 4.39 Å². The molecule has 2 heterocycles. The summed E-state index contributed by atoms with van der Waals surface area (Å²) in [6, 6.07) is 15.4. The van der Waals surface area contributed by atoms with Crippen LogP contribution >= 0.6 is 0 Å². The van der Waals surface area contributed by atoms with Crippen LogP contribution in [0.1, 0.15) is 61.4 Å². The van der Waals surface area contributed by atoms with E-state index in [0.717, 1.165) is 35.2 Å². The van der Waals surface area contributed by atoms with Crippen molar-refractivity contribution in [1.29, 1.82) is 0 Å². The number of ether oxygens (including phenoxy) is 1. The number of fused-ring (bicyclic) bond motifs is 3. The average Bonchev–Trinajstić information content (AvgIpc) is 3.50. The highest BCUT2D eigenvalue weighted by Gasteiger charge is 2.38. The molecule has 5 amide bonds. The molecule has 1 saturated heterocycles. The first-order chi connectivity index (χ1) is 23.5. The molecule has 0 radical (unpaired) electrons. The number of benzene rings is 3. The number of amides is 5. The zero-order valence-electron chi connectivity index (χ0n) is 28.2. The Labute approximate surface area is 285 Å². The molecule has 0 aliphatic carbocycles. The van der Waals surface area contributed by atoms with Crippen molar-refractivity contribution in [1.82, 2.24) is 25.3 Å². The van der Waals surface area contributed by atoms with E-state index in [1.165, 1.54) is 36.0 Å². The van der Waals surface area contributed by atoms with Gasteiger partial charge in [0.1, 0.15) is 24.2 Å². The number of rotatable bonds is 7. The molecule has 0 aromatic heterocycles. The molecule has 49 heavy (non-hydrogen) atoms. The number of halogens is 1. The molecule has 1 fully saturated rings. The van der Waals surface area contributed by atoms with Crippen LogP contribution in [-0.2, 0) is 25.7 Å². The van der Waals surface area contributed by atoms with E-state index < -0.39 is 29.7 Å². The maximum absolute atomic E-state index is 14.6. The maximum atomic E-state index is 14.6. The van der Waals surface area contributed by atoms with E-state index in [2.05, 4.69) is 10.6 Å². The Hall–Kier alpha value is -5.00. The molecule has 5 rings (SSSR count). The standard InChI is InChI=1S/C37H44FN5O6/c1-4-5-10-33(44)40-28-19-29-23-49-32-15-13-27(38)18-30(32)37(48)42(3)31(14-16-34(45)41(2)22-35(46)43(29)21-28)36(47)39-20-24-11-12-25-8-6-7-9-26(25)17-24/h6-9,11-13,15,17-18,28-29,31H,4-5,10,14,16,19-23H2,1-3H3,(H,39,47)(H,40,44)/t28-,29+,31+/m1/s1. The average molecular weight is 674 g/mol. The van der Waals surface area contributed by atoms with Gasteiger partial charge in [-0.1, -0.05) is 49.7 Å². The van der Waals surface area contributed by atoms with Gasteiger partial charge < -0.3 is 30.1 Å². The Morgan fingerprint density at radius 2 is 1.76 bits per heavy atom. The van der Waals surface area contributed by atoms with E-state index in [0.29, 0.717) is 12.8 Å².